The van der Waals surface area contributed by atoms with Crippen molar-refractivity contribution < 1.29 is 23.4 Å². The van der Waals surface area contributed by atoms with Gasteiger partial charge in [0.15, 0.2) is 5.76 Å². The lowest BCUT2D eigenvalue weighted by atomic mass is 10.1. The summed E-state index contributed by atoms with van der Waals surface area (Å²) in [6.07, 6.45) is -0.640. The molecule has 0 saturated carbocycles. The summed E-state index contributed by atoms with van der Waals surface area (Å²) in [6, 6.07) is 5.99. The maximum atomic E-state index is 13.6. The zero-order valence-corrected chi connectivity index (χ0v) is 9.40. The molecular weight excluding hydrogens is 227 g/mol. The SMILES string of the molecule is COC(=O)C1=C(c2ccccc2F)OC(C)O1. The normalized spacial score (nSPS) is 18.6. The molecule has 1 atom stereocenters. The Morgan fingerprint density at radius 3 is 2.71 bits per heavy atom. The average molecular weight is 238 g/mol. The minimum absolute atomic E-state index is 0.0717. The van der Waals surface area contributed by atoms with E-state index in [9.17, 15) is 9.18 Å². The van der Waals surface area contributed by atoms with Gasteiger partial charge in [-0.3, -0.25) is 0 Å². The number of methoxy groups -OCH3 is 1. The molecule has 0 N–H and O–H groups in total. The Balaban J connectivity index is 2.47. The van der Waals surface area contributed by atoms with Gasteiger partial charge >= 0.3 is 5.97 Å². The highest BCUT2D eigenvalue weighted by Gasteiger charge is 2.32. The van der Waals surface area contributed by atoms with Crippen molar-refractivity contribution in [3.63, 3.8) is 0 Å². The van der Waals surface area contributed by atoms with E-state index in [0.717, 1.165) is 0 Å². The zero-order valence-electron chi connectivity index (χ0n) is 9.40. The van der Waals surface area contributed by atoms with E-state index in [-0.39, 0.29) is 17.1 Å². The van der Waals surface area contributed by atoms with Crippen LogP contribution in [0.2, 0.25) is 0 Å². The Kier molecular flexibility index (Phi) is 2.99. The Morgan fingerprint density at radius 1 is 1.35 bits per heavy atom. The molecule has 1 aliphatic heterocycles. The molecule has 0 saturated heterocycles. The number of hydrogen-bond acceptors (Lipinski definition) is 4. The second-order valence-corrected chi connectivity index (χ2v) is 3.43. The largest absolute Gasteiger partial charge is 0.463 e. The van der Waals surface area contributed by atoms with Gasteiger partial charge in [0, 0.05) is 6.92 Å². The maximum absolute atomic E-state index is 13.6. The summed E-state index contributed by atoms with van der Waals surface area (Å²) in [5.74, 6) is -1.21. The molecule has 2 rings (SSSR count). The highest BCUT2D eigenvalue weighted by molar-refractivity contribution is 5.94. The summed E-state index contributed by atoms with van der Waals surface area (Å²) in [7, 11) is 1.22. The minimum atomic E-state index is -0.687. The lowest BCUT2D eigenvalue weighted by Gasteiger charge is -2.05. The van der Waals surface area contributed by atoms with E-state index in [2.05, 4.69) is 4.74 Å². The van der Waals surface area contributed by atoms with Crippen LogP contribution in [0.15, 0.2) is 30.0 Å². The fourth-order valence-electron chi connectivity index (χ4n) is 1.53. The van der Waals surface area contributed by atoms with Crippen molar-refractivity contribution in [1.29, 1.82) is 0 Å². The van der Waals surface area contributed by atoms with Crippen LogP contribution >= 0.6 is 0 Å². The molecule has 0 radical (unpaired) electrons. The van der Waals surface area contributed by atoms with Crippen molar-refractivity contribution in [2.24, 2.45) is 0 Å². The molecule has 4 nitrogen and oxygen atoms in total. The van der Waals surface area contributed by atoms with Crippen LogP contribution in [0.5, 0.6) is 0 Å². The number of ether oxygens (including phenoxy) is 3. The summed E-state index contributed by atoms with van der Waals surface area (Å²) >= 11 is 0. The number of rotatable bonds is 2. The first-order chi connectivity index (χ1) is 8.13. The highest BCUT2D eigenvalue weighted by atomic mass is 19.1. The lowest BCUT2D eigenvalue weighted by molar-refractivity contribution is -0.141. The van der Waals surface area contributed by atoms with Gasteiger partial charge in [-0.2, -0.15) is 0 Å². The van der Waals surface area contributed by atoms with E-state index in [1.165, 1.54) is 19.2 Å². The molecule has 0 fully saturated rings. The van der Waals surface area contributed by atoms with Gasteiger partial charge in [0.1, 0.15) is 5.82 Å². The Bertz CT molecular complexity index is 481. The summed E-state index contributed by atoms with van der Waals surface area (Å²) in [6.45, 7) is 1.61. The van der Waals surface area contributed by atoms with Crippen LogP contribution in [-0.2, 0) is 19.0 Å². The molecule has 17 heavy (non-hydrogen) atoms. The smallest absolute Gasteiger partial charge is 0.377 e. The van der Waals surface area contributed by atoms with E-state index in [4.69, 9.17) is 9.47 Å². The molecule has 5 heteroatoms. The van der Waals surface area contributed by atoms with Crippen molar-refractivity contribution in [1.82, 2.24) is 0 Å². The molecule has 1 unspecified atom stereocenters. The number of halogens is 1. The number of carbonyl (C=O) groups excluding carboxylic acids is 1. The second-order valence-electron chi connectivity index (χ2n) is 3.43. The first-order valence-corrected chi connectivity index (χ1v) is 5.04. The molecule has 90 valence electrons. The fraction of sp³-hybridized carbons (Fsp3) is 0.250. The van der Waals surface area contributed by atoms with Gasteiger partial charge in [0.25, 0.3) is 5.76 Å². The first kappa shape index (κ1) is 11.4. The van der Waals surface area contributed by atoms with Crippen LogP contribution in [0, 0.1) is 5.82 Å². The van der Waals surface area contributed by atoms with Crippen molar-refractivity contribution in [2.75, 3.05) is 7.11 Å². The second kappa shape index (κ2) is 4.45. The van der Waals surface area contributed by atoms with Gasteiger partial charge in [-0.15, -0.1) is 0 Å². The Labute approximate surface area is 97.6 Å². The summed E-state index contributed by atoms with van der Waals surface area (Å²) in [5.41, 5.74) is 0.178. The van der Waals surface area contributed by atoms with Crippen LogP contribution in [0.3, 0.4) is 0 Å². The van der Waals surface area contributed by atoms with Crippen LogP contribution in [0.4, 0.5) is 4.39 Å². The quantitative estimate of drug-likeness (QED) is 0.740. The molecular formula is C12H11FO4. The van der Waals surface area contributed by atoms with Gasteiger partial charge < -0.3 is 14.2 Å². The molecule has 0 bridgehead atoms. The van der Waals surface area contributed by atoms with Crippen LogP contribution < -0.4 is 0 Å². The minimum Gasteiger partial charge on any atom is -0.463 e. The first-order valence-electron chi connectivity index (χ1n) is 5.04. The van der Waals surface area contributed by atoms with Crippen molar-refractivity contribution in [3.8, 4) is 0 Å². The van der Waals surface area contributed by atoms with Gasteiger partial charge in [-0.05, 0) is 12.1 Å². The standard InChI is InChI=1S/C12H11FO4/c1-7-16-10(11(17-7)12(14)15-2)8-5-3-4-6-9(8)13/h3-7H,1-2H3. The molecule has 0 aromatic heterocycles. The van der Waals surface area contributed by atoms with Gasteiger partial charge in [-0.1, -0.05) is 12.1 Å². The van der Waals surface area contributed by atoms with E-state index in [1.807, 2.05) is 0 Å². The molecule has 1 aromatic rings. The summed E-state index contributed by atoms with van der Waals surface area (Å²) < 4.78 is 28.6. The van der Waals surface area contributed by atoms with E-state index < -0.39 is 18.1 Å². The average Bonchev–Trinajstić information content (AvgIpc) is 2.71. The molecule has 1 aliphatic rings. The van der Waals surface area contributed by atoms with Crippen LogP contribution in [0.25, 0.3) is 5.76 Å². The van der Waals surface area contributed by atoms with Crippen molar-refractivity contribution in [2.45, 2.75) is 13.2 Å². The van der Waals surface area contributed by atoms with Crippen LogP contribution in [-0.4, -0.2) is 19.4 Å². The van der Waals surface area contributed by atoms with Gasteiger partial charge in [0.05, 0.1) is 12.7 Å². The molecule has 0 amide bonds. The molecule has 0 aliphatic carbocycles. The third-order valence-electron chi connectivity index (χ3n) is 2.26. The van der Waals surface area contributed by atoms with E-state index in [0.29, 0.717) is 0 Å². The third-order valence-corrected chi connectivity index (χ3v) is 2.26. The van der Waals surface area contributed by atoms with Gasteiger partial charge in [0.2, 0.25) is 6.29 Å². The maximum Gasteiger partial charge on any atom is 0.377 e. The number of esters is 1. The topological polar surface area (TPSA) is 44.8 Å². The summed E-state index contributed by atoms with van der Waals surface area (Å²) in [4.78, 5) is 11.4. The summed E-state index contributed by atoms with van der Waals surface area (Å²) in [5, 5.41) is 0. The Morgan fingerprint density at radius 2 is 2.06 bits per heavy atom. The molecule has 1 heterocycles. The van der Waals surface area contributed by atoms with Crippen LogP contribution in [0.1, 0.15) is 12.5 Å². The fourth-order valence-corrected chi connectivity index (χ4v) is 1.53. The predicted octanol–water partition coefficient (Wildman–Crippen LogP) is 2.06. The number of carbonyl (C=O) groups is 1. The number of benzene rings is 1. The monoisotopic (exact) mass is 238 g/mol. The van der Waals surface area contributed by atoms with E-state index in [1.54, 1.807) is 19.1 Å². The predicted molar refractivity (Wildman–Crippen MR) is 57.0 cm³/mol. The highest BCUT2D eigenvalue weighted by Crippen LogP contribution is 2.32. The van der Waals surface area contributed by atoms with Crippen molar-refractivity contribution in [3.05, 3.63) is 41.4 Å². The van der Waals surface area contributed by atoms with E-state index >= 15 is 0 Å². The van der Waals surface area contributed by atoms with Gasteiger partial charge in [-0.25, -0.2) is 9.18 Å². The molecule has 1 aromatic carbocycles. The zero-order chi connectivity index (χ0) is 12.4. The lowest BCUT2D eigenvalue weighted by Crippen LogP contribution is -2.08. The molecule has 0 spiro atoms. The Hall–Kier alpha value is -2.04. The third kappa shape index (κ3) is 2.08. The number of hydrogen-bond donors (Lipinski definition) is 0. The van der Waals surface area contributed by atoms with Crippen molar-refractivity contribution >= 4 is 11.7 Å².